The Kier molecular flexibility index (Phi) is 4.01. The summed E-state index contributed by atoms with van der Waals surface area (Å²) < 4.78 is 4.58. The first kappa shape index (κ1) is 11.9. The predicted octanol–water partition coefficient (Wildman–Crippen LogP) is 2.37. The third kappa shape index (κ3) is 2.25. The standard InChI is InChI=1S/C10H8ClNO2S/c1-14-10(13)8-7(5-12)3-2-6(4-11)9(8)15/h2-3,15H,4H2,1H3. The first-order valence-corrected chi connectivity index (χ1v) is 5.03. The van der Waals surface area contributed by atoms with Crippen LogP contribution >= 0.6 is 24.2 Å². The molecule has 78 valence electrons. The first-order valence-electron chi connectivity index (χ1n) is 4.05. The number of hydrogen-bond donors (Lipinski definition) is 1. The van der Waals surface area contributed by atoms with Crippen molar-refractivity contribution in [2.24, 2.45) is 0 Å². The zero-order valence-corrected chi connectivity index (χ0v) is 9.60. The molecule has 15 heavy (non-hydrogen) atoms. The molecule has 0 unspecified atom stereocenters. The zero-order valence-electron chi connectivity index (χ0n) is 7.95. The highest BCUT2D eigenvalue weighted by Crippen LogP contribution is 2.24. The van der Waals surface area contributed by atoms with Gasteiger partial charge in [-0.3, -0.25) is 0 Å². The van der Waals surface area contributed by atoms with E-state index < -0.39 is 5.97 Å². The molecule has 0 fully saturated rings. The quantitative estimate of drug-likeness (QED) is 0.491. The minimum atomic E-state index is -0.580. The van der Waals surface area contributed by atoms with Gasteiger partial charge in [-0.05, 0) is 11.6 Å². The summed E-state index contributed by atoms with van der Waals surface area (Å²) in [6.07, 6.45) is 0. The summed E-state index contributed by atoms with van der Waals surface area (Å²) in [6, 6.07) is 5.11. The lowest BCUT2D eigenvalue weighted by Gasteiger charge is -2.08. The van der Waals surface area contributed by atoms with E-state index in [0.29, 0.717) is 10.5 Å². The van der Waals surface area contributed by atoms with Gasteiger partial charge in [-0.1, -0.05) is 6.07 Å². The largest absolute Gasteiger partial charge is 0.465 e. The number of rotatable bonds is 2. The summed E-state index contributed by atoms with van der Waals surface area (Å²) in [5, 5.41) is 8.83. The number of alkyl halides is 1. The van der Waals surface area contributed by atoms with Crippen molar-refractivity contribution in [3.8, 4) is 6.07 Å². The second kappa shape index (κ2) is 5.06. The molecule has 5 heteroatoms. The summed E-state index contributed by atoms with van der Waals surface area (Å²) in [4.78, 5) is 11.8. The number of benzene rings is 1. The van der Waals surface area contributed by atoms with Crippen molar-refractivity contribution in [2.45, 2.75) is 10.8 Å². The van der Waals surface area contributed by atoms with Crippen LogP contribution in [0, 0.1) is 11.3 Å². The molecule has 0 aromatic heterocycles. The maximum atomic E-state index is 11.4. The van der Waals surface area contributed by atoms with Gasteiger partial charge < -0.3 is 4.74 Å². The normalized spacial score (nSPS) is 9.47. The predicted molar refractivity (Wildman–Crippen MR) is 59.3 cm³/mol. The molecule has 1 aromatic carbocycles. The molecule has 0 bridgehead atoms. The van der Waals surface area contributed by atoms with Gasteiger partial charge in [-0.15, -0.1) is 24.2 Å². The highest BCUT2D eigenvalue weighted by atomic mass is 35.5. The molecule has 0 atom stereocenters. The molecule has 0 aliphatic heterocycles. The number of thiol groups is 1. The van der Waals surface area contributed by atoms with Crippen LogP contribution in [0.4, 0.5) is 0 Å². The van der Waals surface area contributed by atoms with Crippen molar-refractivity contribution in [3.63, 3.8) is 0 Å². The van der Waals surface area contributed by atoms with Gasteiger partial charge in [0.25, 0.3) is 0 Å². The lowest BCUT2D eigenvalue weighted by molar-refractivity contribution is 0.0596. The zero-order chi connectivity index (χ0) is 11.4. The molecule has 0 amide bonds. The summed E-state index contributed by atoms with van der Waals surface area (Å²) in [7, 11) is 1.25. The minimum absolute atomic E-state index is 0.168. The Hall–Kier alpha value is -1.18. The Bertz CT molecular complexity index is 440. The lowest BCUT2D eigenvalue weighted by atomic mass is 10.1. The molecular formula is C10H8ClNO2S. The fourth-order valence-electron chi connectivity index (χ4n) is 1.14. The van der Waals surface area contributed by atoms with Gasteiger partial charge in [0.05, 0.1) is 18.2 Å². The average Bonchev–Trinajstić information content (AvgIpc) is 2.27. The van der Waals surface area contributed by atoms with E-state index in [9.17, 15) is 4.79 Å². The van der Waals surface area contributed by atoms with Gasteiger partial charge in [0.2, 0.25) is 0 Å². The number of nitriles is 1. The van der Waals surface area contributed by atoms with Gasteiger partial charge in [0.1, 0.15) is 6.07 Å². The SMILES string of the molecule is COC(=O)c1c(C#N)ccc(CCl)c1S. The third-order valence-corrected chi connectivity index (χ3v) is 2.71. The van der Waals surface area contributed by atoms with Gasteiger partial charge >= 0.3 is 5.97 Å². The topological polar surface area (TPSA) is 50.1 Å². The molecule has 0 N–H and O–H groups in total. The van der Waals surface area contributed by atoms with E-state index >= 15 is 0 Å². The number of esters is 1. The fourth-order valence-corrected chi connectivity index (χ4v) is 1.83. The van der Waals surface area contributed by atoms with Gasteiger partial charge in [-0.2, -0.15) is 5.26 Å². The number of carbonyl (C=O) groups excluding carboxylic acids is 1. The molecule has 1 aromatic rings. The second-order valence-electron chi connectivity index (χ2n) is 2.73. The number of carbonyl (C=O) groups is 1. The molecule has 0 saturated heterocycles. The van der Waals surface area contributed by atoms with Crippen LogP contribution in [0.1, 0.15) is 21.5 Å². The molecule has 0 radical (unpaired) electrons. The van der Waals surface area contributed by atoms with Crippen LogP contribution in [0.3, 0.4) is 0 Å². The molecule has 0 saturated carbocycles. The van der Waals surface area contributed by atoms with Crippen molar-refractivity contribution in [2.75, 3.05) is 7.11 Å². The number of hydrogen-bond acceptors (Lipinski definition) is 4. The Labute approximate surface area is 98.0 Å². The Balaban J connectivity index is 3.44. The van der Waals surface area contributed by atoms with E-state index in [1.54, 1.807) is 6.07 Å². The maximum absolute atomic E-state index is 11.4. The fraction of sp³-hybridized carbons (Fsp3) is 0.200. The van der Waals surface area contributed by atoms with E-state index in [2.05, 4.69) is 17.4 Å². The molecular weight excluding hydrogens is 234 g/mol. The van der Waals surface area contributed by atoms with Crippen molar-refractivity contribution in [3.05, 3.63) is 28.8 Å². The van der Waals surface area contributed by atoms with E-state index in [4.69, 9.17) is 16.9 Å². The van der Waals surface area contributed by atoms with Crippen LogP contribution in [0.15, 0.2) is 17.0 Å². The smallest absolute Gasteiger partial charge is 0.340 e. The lowest BCUT2D eigenvalue weighted by Crippen LogP contribution is -2.07. The summed E-state index contributed by atoms with van der Waals surface area (Å²) in [5.41, 5.74) is 1.10. The highest BCUT2D eigenvalue weighted by Gasteiger charge is 2.17. The highest BCUT2D eigenvalue weighted by molar-refractivity contribution is 7.80. The maximum Gasteiger partial charge on any atom is 0.340 e. The number of ether oxygens (including phenoxy) is 1. The summed E-state index contributed by atoms with van der Waals surface area (Å²) in [6.45, 7) is 0. The van der Waals surface area contributed by atoms with E-state index in [0.717, 1.165) is 0 Å². The van der Waals surface area contributed by atoms with Crippen LogP contribution in [-0.2, 0) is 10.6 Å². The molecule has 0 spiro atoms. The van der Waals surface area contributed by atoms with Crippen LogP contribution in [-0.4, -0.2) is 13.1 Å². The van der Waals surface area contributed by atoms with Crippen molar-refractivity contribution in [1.29, 1.82) is 5.26 Å². The summed E-state index contributed by atoms with van der Waals surface area (Å²) >= 11 is 9.84. The van der Waals surface area contributed by atoms with E-state index in [-0.39, 0.29) is 17.0 Å². The number of nitrogens with zero attached hydrogens (tertiary/aromatic N) is 1. The Morgan fingerprint density at radius 2 is 2.33 bits per heavy atom. The van der Waals surface area contributed by atoms with Gasteiger partial charge in [-0.25, -0.2) is 4.79 Å². The van der Waals surface area contributed by atoms with Crippen molar-refractivity contribution in [1.82, 2.24) is 0 Å². The molecule has 0 heterocycles. The van der Waals surface area contributed by atoms with Crippen molar-refractivity contribution >= 4 is 30.2 Å². The number of methoxy groups -OCH3 is 1. The summed E-state index contributed by atoms with van der Waals surface area (Å²) in [5.74, 6) is -0.349. The van der Waals surface area contributed by atoms with Crippen LogP contribution in [0.2, 0.25) is 0 Å². The van der Waals surface area contributed by atoms with Crippen LogP contribution in [0.5, 0.6) is 0 Å². The molecule has 0 aliphatic carbocycles. The first-order chi connectivity index (χ1) is 7.15. The Morgan fingerprint density at radius 3 is 2.80 bits per heavy atom. The Morgan fingerprint density at radius 1 is 1.67 bits per heavy atom. The van der Waals surface area contributed by atoms with Crippen LogP contribution in [0.25, 0.3) is 0 Å². The molecule has 1 rings (SSSR count). The average molecular weight is 242 g/mol. The second-order valence-corrected chi connectivity index (χ2v) is 3.45. The van der Waals surface area contributed by atoms with Crippen LogP contribution < -0.4 is 0 Å². The molecule has 3 nitrogen and oxygen atoms in total. The van der Waals surface area contributed by atoms with E-state index in [1.165, 1.54) is 13.2 Å². The van der Waals surface area contributed by atoms with E-state index in [1.807, 2.05) is 6.07 Å². The monoisotopic (exact) mass is 241 g/mol. The minimum Gasteiger partial charge on any atom is -0.465 e. The van der Waals surface area contributed by atoms with Gasteiger partial charge in [0.15, 0.2) is 0 Å². The number of halogens is 1. The third-order valence-electron chi connectivity index (χ3n) is 1.92. The van der Waals surface area contributed by atoms with Crippen molar-refractivity contribution < 1.29 is 9.53 Å². The van der Waals surface area contributed by atoms with Gasteiger partial charge in [0, 0.05) is 10.8 Å². The molecule has 0 aliphatic rings.